The van der Waals surface area contributed by atoms with Crippen molar-refractivity contribution in [1.82, 2.24) is 0 Å². The van der Waals surface area contributed by atoms with Crippen LogP contribution in [-0.4, -0.2) is 131 Å². The number of hydrogen-bond donors (Lipinski definition) is 0. The number of unbranched alkanes of at least 4 members (excludes halogenated alkanes) is 14. The normalized spacial score (nSPS) is 11.3. The highest BCUT2D eigenvalue weighted by atomic mass is 16.6. The highest BCUT2D eigenvalue weighted by Gasteiger charge is 2.03. The zero-order valence-electron chi connectivity index (χ0n) is 34.3. The fourth-order valence-electron chi connectivity index (χ4n) is 5.43. The molecule has 0 amide bonds. The van der Waals surface area contributed by atoms with E-state index in [1.54, 1.807) is 24.3 Å². The van der Waals surface area contributed by atoms with E-state index >= 15 is 0 Å². The van der Waals surface area contributed by atoms with Gasteiger partial charge in [-0.1, -0.05) is 96.8 Å². The second-order valence-electron chi connectivity index (χ2n) is 13.4. The molecule has 320 valence electrons. The van der Waals surface area contributed by atoms with Crippen molar-refractivity contribution in [2.75, 3.05) is 119 Å². The predicted octanol–water partition coefficient (Wildman–Crippen LogP) is 7.82. The molecule has 0 spiro atoms. The first-order valence-electron chi connectivity index (χ1n) is 21.2. The minimum Gasteiger partial charge on any atom is -0.491 e. The summed E-state index contributed by atoms with van der Waals surface area (Å²) >= 11 is 0. The van der Waals surface area contributed by atoms with Crippen molar-refractivity contribution in [2.24, 2.45) is 0 Å². The average Bonchev–Trinajstić information content (AvgIpc) is 3.20. The Hall–Kier alpha value is -2.16. The van der Waals surface area contributed by atoms with Crippen LogP contribution in [0.1, 0.15) is 120 Å². The Labute approximate surface area is 332 Å². The summed E-state index contributed by atoms with van der Waals surface area (Å²) in [6.45, 7) is 10.6. The van der Waals surface area contributed by atoms with E-state index in [9.17, 15) is 9.59 Å². The van der Waals surface area contributed by atoms with E-state index in [1.165, 1.54) is 83.5 Å². The molecule has 1 aromatic carbocycles. The SMILES string of the molecule is CCCCCCCCCCCCCCCCCC(=O)OCCOCCOCCOCCOCCOCCOCCOCCOCCOc1ccc(C=O)cc1. The Bertz CT molecular complexity index is 933. The van der Waals surface area contributed by atoms with E-state index in [-0.39, 0.29) is 12.6 Å². The van der Waals surface area contributed by atoms with Crippen LogP contribution >= 0.6 is 0 Å². The monoisotopic (exact) mass is 785 g/mol. The standard InChI is InChI=1S/C43H76O12/c1-2-3-4-5-6-7-8-9-10-11-12-13-14-15-16-17-43(45)55-39-37-53-35-33-51-31-29-49-27-25-47-23-22-46-24-26-48-28-30-50-32-34-52-36-38-54-42-20-18-41(40-44)19-21-42/h18-21,40H,2-17,22-39H2,1H3. The molecule has 0 unspecified atom stereocenters. The lowest BCUT2D eigenvalue weighted by atomic mass is 10.0. The van der Waals surface area contributed by atoms with E-state index < -0.39 is 0 Å². The third kappa shape index (κ3) is 38.5. The van der Waals surface area contributed by atoms with Crippen molar-refractivity contribution >= 4 is 12.3 Å². The number of ether oxygens (including phenoxy) is 10. The van der Waals surface area contributed by atoms with Gasteiger partial charge in [-0.05, 0) is 30.7 Å². The number of rotatable bonds is 45. The molecule has 0 heterocycles. The minimum absolute atomic E-state index is 0.133. The number of esters is 1. The van der Waals surface area contributed by atoms with Crippen molar-refractivity contribution in [1.29, 1.82) is 0 Å². The van der Waals surface area contributed by atoms with Gasteiger partial charge < -0.3 is 47.4 Å². The van der Waals surface area contributed by atoms with Gasteiger partial charge in [0.2, 0.25) is 0 Å². The molecule has 0 aromatic heterocycles. The van der Waals surface area contributed by atoms with Gasteiger partial charge in [0.1, 0.15) is 25.2 Å². The van der Waals surface area contributed by atoms with Gasteiger partial charge in [-0.25, -0.2) is 0 Å². The largest absolute Gasteiger partial charge is 0.491 e. The number of carbonyl (C=O) groups excluding carboxylic acids is 2. The molecule has 0 N–H and O–H groups in total. The lowest BCUT2D eigenvalue weighted by Crippen LogP contribution is -2.15. The molecule has 0 bridgehead atoms. The van der Waals surface area contributed by atoms with Crippen LogP contribution in [0.3, 0.4) is 0 Å². The van der Waals surface area contributed by atoms with Gasteiger partial charge in [0.05, 0.1) is 106 Å². The second-order valence-corrected chi connectivity index (χ2v) is 13.4. The fraction of sp³-hybridized carbons (Fsp3) is 0.814. The highest BCUT2D eigenvalue weighted by Crippen LogP contribution is 2.14. The summed E-state index contributed by atoms with van der Waals surface area (Å²) in [6, 6.07) is 6.94. The third-order valence-electron chi connectivity index (χ3n) is 8.59. The predicted molar refractivity (Wildman–Crippen MR) is 214 cm³/mol. The van der Waals surface area contributed by atoms with Crippen LogP contribution in [0.2, 0.25) is 0 Å². The van der Waals surface area contributed by atoms with Crippen LogP contribution in [0.25, 0.3) is 0 Å². The molecule has 0 saturated carbocycles. The maximum Gasteiger partial charge on any atom is 0.305 e. The lowest BCUT2D eigenvalue weighted by Gasteiger charge is -2.09. The van der Waals surface area contributed by atoms with Crippen LogP contribution in [0.5, 0.6) is 5.75 Å². The van der Waals surface area contributed by atoms with Crippen molar-refractivity contribution < 1.29 is 57.0 Å². The van der Waals surface area contributed by atoms with Crippen LogP contribution in [0, 0.1) is 0 Å². The summed E-state index contributed by atoms with van der Waals surface area (Å²) in [4.78, 5) is 22.6. The van der Waals surface area contributed by atoms with Gasteiger partial charge in [-0.3, -0.25) is 9.59 Å². The van der Waals surface area contributed by atoms with E-state index in [1.807, 2.05) is 0 Å². The third-order valence-corrected chi connectivity index (χ3v) is 8.59. The van der Waals surface area contributed by atoms with Crippen molar-refractivity contribution in [3.8, 4) is 5.75 Å². The Morgan fingerprint density at radius 3 is 1.07 bits per heavy atom. The van der Waals surface area contributed by atoms with Gasteiger partial charge in [0.15, 0.2) is 0 Å². The van der Waals surface area contributed by atoms with Crippen LogP contribution in [0.15, 0.2) is 24.3 Å². The fourth-order valence-corrected chi connectivity index (χ4v) is 5.43. The summed E-state index contributed by atoms with van der Waals surface area (Å²) in [5.41, 5.74) is 0.618. The quantitative estimate of drug-likeness (QED) is 0.0364. The Morgan fingerprint density at radius 1 is 0.418 bits per heavy atom. The van der Waals surface area contributed by atoms with Crippen molar-refractivity contribution in [3.05, 3.63) is 29.8 Å². The molecular formula is C43H76O12. The first kappa shape index (κ1) is 50.9. The van der Waals surface area contributed by atoms with Gasteiger partial charge in [0.25, 0.3) is 0 Å². The topological polar surface area (TPSA) is 126 Å². The van der Waals surface area contributed by atoms with E-state index in [2.05, 4.69) is 6.92 Å². The smallest absolute Gasteiger partial charge is 0.305 e. The average molecular weight is 785 g/mol. The zero-order chi connectivity index (χ0) is 39.4. The molecular weight excluding hydrogens is 708 g/mol. The number of benzene rings is 1. The molecule has 0 aliphatic rings. The molecule has 0 radical (unpaired) electrons. The summed E-state index contributed by atoms with van der Waals surface area (Å²) in [7, 11) is 0. The van der Waals surface area contributed by atoms with Crippen LogP contribution in [-0.2, 0) is 47.4 Å². The van der Waals surface area contributed by atoms with Gasteiger partial charge in [0, 0.05) is 12.0 Å². The molecule has 55 heavy (non-hydrogen) atoms. The first-order valence-corrected chi connectivity index (χ1v) is 21.2. The molecule has 0 aliphatic heterocycles. The Morgan fingerprint density at radius 2 is 0.727 bits per heavy atom. The molecule has 0 aliphatic carbocycles. The van der Waals surface area contributed by atoms with E-state index in [4.69, 9.17) is 47.4 Å². The molecule has 0 saturated heterocycles. The van der Waals surface area contributed by atoms with Gasteiger partial charge in [-0.2, -0.15) is 0 Å². The van der Waals surface area contributed by atoms with Crippen molar-refractivity contribution in [2.45, 2.75) is 110 Å². The van der Waals surface area contributed by atoms with Crippen LogP contribution in [0.4, 0.5) is 0 Å². The highest BCUT2D eigenvalue weighted by molar-refractivity contribution is 5.74. The summed E-state index contributed by atoms with van der Waals surface area (Å²) in [6.07, 6.45) is 21.0. The van der Waals surface area contributed by atoms with Crippen LogP contribution < -0.4 is 4.74 Å². The zero-order valence-corrected chi connectivity index (χ0v) is 34.3. The molecule has 0 atom stereocenters. The second kappa shape index (κ2) is 43.0. The lowest BCUT2D eigenvalue weighted by molar-refractivity contribution is -0.145. The minimum atomic E-state index is -0.133. The molecule has 1 rings (SSSR count). The van der Waals surface area contributed by atoms with E-state index in [0.717, 1.165) is 19.1 Å². The first-order chi connectivity index (χ1) is 27.3. The molecule has 0 fully saturated rings. The summed E-state index contributed by atoms with van der Waals surface area (Å²) < 4.78 is 54.7. The number of carbonyl (C=O) groups is 2. The van der Waals surface area contributed by atoms with Gasteiger partial charge >= 0.3 is 5.97 Å². The number of hydrogen-bond acceptors (Lipinski definition) is 12. The molecule has 12 nitrogen and oxygen atoms in total. The maximum absolute atomic E-state index is 11.9. The van der Waals surface area contributed by atoms with E-state index in [0.29, 0.717) is 130 Å². The Balaban J connectivity index is 1.65. The summed E-state index contributed by atoms with van der Waals surface area (Å²) in [5, 5.41) is 0. The van der Waals surface area contributed by atoms with Gasteiger partial charge in [-0.15, -0.1) is 0 Å². The number of aldehydes is 1. The Kier molecular flexibility index (Phi) is 39.7. The summed E-state index contributed by atoms with van der Waals surface area (Å²) in [5.74, 6) is 0.571. The molecule has 12 heteroatoms. The van der Waals surface area contributed by atoms with Crippen molar-refractivity contribution in [3.63, 3.8) is 0 Å². The maximum atomic E-state index is 11.9. The molecule has 1 aromatic rings.